The van der Waals surface area contributed by atoms with E-state index in [1.54, 1.807) is 0 Å². The molecule has 1 unspecified atom stereocenters. The average Bonchev–Trinajstić information content (AvgIpc) is 2.69. The maximum atomic E-state index is 5.44. The predicted octanol–water partition coefficient (Wildman–Crippen LogP) is 1.74. The normalized spacial score (nSPS) is 21.8. The smallest absolute Gasteiger partial charge is 0.321 e. The predicted molar refractivity (Wildman–Crippen MR) is 51.0 cm³/mol. The highest BCUT2D eigenvalue weighted by molar-refractivity contribution is 5.20. The van der Waals surface area contributed by atoms with Crippen molar-refractivity contribution >= 4 is 6.01 Å². The molecule has 1 aliphatic heterocycles. The summed E-state index contributed by atoms with van der Waals surface area (Å²) in [5.74, 6) is 0.658. The molecular formula is C9H15N3O2. The van der Waals surface area contributed by atoms with E-state index < -0.39 is 0 Å². The summed E-state index contributed by atoms with van der Waals surface area (Å²) in [5, 5.41) is 6.93. The van der Waals surface area contributed by atoms with Crippen LogP contribution in [-0.2, 0) is 4.74 Å². The number of hydrogen-bond donors (Lipinski definition) is 1. The van der Waals surface area contributed by atoms with Gasteiger partial charge in [-0.1, -0.05) is 5.16 Å². The molecule has 0 aromatic carbocycles. The van der Waals surface area contributed by atoms with Crippen molar-refractivity contribution in [3.63, 3.8) is 0 Å². The Labute approximate surface area is 82.8 Å². The Morgan fingerprint density at radius 2 is 2.36 bits per heavy atom. The van der Waals surface area contributed by atoms with Gasteiger partial charge in [-0.05, 0) is 26.7 Å². The molecule has 1 aliphatic rings. The van der Waals surface area contributed by atoms with Gasteiger partial charge in [-0.3, -0.25) is 0 Å². The van der Waals surface area contributed by atoms with Gasteiger partial charge in [0.2, 0.25) is 5.82 Å². The third-order valence-electron chi connectivity index (χ3n) is 2.07. The highest BCUT2D eigenvalue weighted by Gasteiger charge is 2.23. The van der Waals surface area contributed by atoms with Crippen LogP contribution in [0.15, 0.2) is 4.52 Å². The lowest BCUT2D eigenvalue weighted by Crippen LogP contribution is -2.10. The van der Waals surface area contributed by atoms with E-state index >= 15 is 0 Å². The van der Waals surface area contributed by atoms with Gasteiger partial charge in [-0.15, -0.1) is 0 Å². The van der Waals surface area contributed by atoms with Crippen molar-refractivity contribution in [3.8, 4) is 0 Å². The van der Waals surface area contributed by atoms with Gasteiger partial charge < -0.3 is 14.6 Å². The number of aromatic nitrogens is 2. The van der Waals surface area contributed by atoms with Crippen LogP contribution in [0.2, 0.25) is 0 Å². The monoisotopic (exact) mass is 197 g/mol. The second kappa shape index (κ2) is 3.96. The Morgan fingerprint density at radius 3 is 3.00 bits per heavy atom. The molecule has 0 amide bonds. The average molecular weight is 197 g/mol. The SMILES string of the molecule is CC(C)Nc1nc(C2CCCO2)no1. The lowest BCUT2D eigenvalue weighted by molar-refractivity contribution is 0.103. The molecule has 14 heavy (non-hydrogen) atoms. The van der Waals surface area contributed by atoms with Crippen molar-refractivity contribution in [2.75, 3.05) is 11.9 Å². The van der Waals surface area contributed by atoms with E-state index in [2.05, 4.69) is 15.5 Å². The first-order valence-corrected chi connectivity index (χ1v) is 4.97. The maximum absolute atomic E-state index is 5.44. The molecule has 0 bridgehead atoms. The molecule has 1 aromatic rings. The summed E-state index contributed by atoms with van der Waals surface area (Å²) in [6.45, 7) is 4.85. The molecule has 0 aliphatic carbocycles. The molecule has 1 saturated heterocycles. The third kappa shape index (κ3) is 2.04. The van der Waals surface area contributed by atoms with Gasteiger partial charge in [-0.25, -0.2) is 0 Å². The van der Waals surface area contributed by atoms with Crippen LogP contribution in [0.3, 0.4) is 0 Å². The largest absolute Gasteiger partial charge is 0.370 e. The van der Waals surface area contributed by atoms with E-state index in [4.69, 9.17) is 9.26 Å². The van der Waals surface area contributed by atoms with Crippen molar-refractivity contribution in [2.24, 2.45) is 0 Å². The second-order valence-electron chi connectivity index (χ2n) is 3.76. The van der Waals surface area contributed by atoms with E-state index in [1.165, 1.54) is 0 Å². The molecule has 2 heterocycles. The van der Waals surface area contributed by atoms with Gasteiger partial charge in [0, 0.05) is 12.6 Å². The quantitative estimate of drug-likeness (QED) is 0.799. The molecule has 1 aromatic heterocycles. The van der Waals surface area contributed by atoms with Crippen molar-refractivity contribution in [3.05, 3.63) is 5.82 Å². The number of nitrogens with one attached hydrogen (secondary N) is 1. The van der Waals surface area contributed by atoms with Crippen molar-refractivity contribution in [2.45, 2.75) is 38.8 Å². The Bertz CT molecular complexity index is 292. The Kier molecular flexibility index (Phi) is 2.67. The first-order chi connectivity index (χ1) is 6.75. The summed E-state index contributed by atoms with van der Waals surface area (Å²) >= 11 is 0. The van der Waals surface area contributed by atoms with Crippen LogP contribution in [0.4, 0.5) is 6.01 Å². The lowest BCUT2D eigenvalue weighted by atomic mass is 10.2. The molecule has 2 rings (SSSR count). The van der Waals surface area contributed by atoms with Crippen LogP contribution in [0.5, 0.6) is 0 Å². The van der Waals surface area contributed by atoms with Crippen LogP contribution in [0.25, 0.3) is 0 Å². The summed E-state index contributed by atoms with van der Waals surface area (Å²) in [5.41, 5.74) is 0. The standard InChI is InChI=1S/C9H15N3O2/c1-6(2)10-9-11-8(12-14-9)7-4-3-5-13-7/h6-7H,3-5H2,1-2H3,(H,10,11,12). The van der Waals surface area contributed by atoms with Crippen molar-refractivity contribution in [1.29, 1.82) is 0 Å². The number of hydrogen-bond acceptors (Lipinski definition) is 5. The van der Waals surface area contributed by atoms with Crippen LogP contribution >= 0.6 is 0 Å². The Hall–Kier alpha value is -1.10. The highest BCUT2D eigenvalue weighted by atomic mass is 16.5. The summed E-state index contributed by atoms with van der Waals surface area (Å²) < 4.78 is 10.5. The third-order valence-corrected chi connectivity index (χ3v) is 2.07. The summed E-state index contributed by atoms with van der Waals surface area (Å²) in [6, 6.07) is 0.776. The van der Waals surface area contributed by atoms with Crippen LogP contribution < -0.4 is 5.32 Å². The molecule has 78 valence electrons. The fraction of sp³-hybridized carbons (Fsp3) is 0.778. The molecule has 5 nitrogen and oxygen atoms in total. The minimum Gasteiger partial charge on any atom is -0.370 e. The van der Waals surface area contributed by atoms with Gasteiger partial charge in [-0.2, -0.15) is 4.98 Å². The number of rotatable bonds is 3. The first kappa shape index (κ1) is 9.45. The molecule has 0 spiro atoms. The zero-order chi connectivity index (χ0) is 9.97. The summed E-state index contributed by atoms with van der Waals surface area (Å²) in [4.78, 5) is 4.22. The van der Waals surface area contributed by atoms with Gasteiger partial charge in [0.1, 0.15) is 6.10 Å². The van der Waals surface area contributed by atoms with Crippen LogP contribution in [0.1, 0.15) is 38.6 Å². The number of ether oxygens (including phenoxy) is 1. The minimum absolute atomic E-state index is 0.0291. The van der Waals surface area contributed by atoms with Crippen LogP contribution in [-0.4, -0.2) is 22.8 Å². The molecule has 1 atom stereocenters. The first-order valence-electron chi connectivity index (χ1n) is 4.97. The summed E-state index contributed by atoms with van der Waals surface area (Å²) in [7, 11) is 0. The van der Waals surface area contributed by atoms with E-state index in [9.17, 15) is 0 Å². The van der Waals surface area contributed by atoms with Crippen molar-refractivity contribution < 1.29 is 9.26 Å². The van der Waals surface area contributed by atoms with Gasteiger partial charge in [0.15, 0.2) is 0 Å². The molecule has 0 saturated carbocycles. The lowest BCUT2D eigenvalue weighted by Gasteiger charge is -2.03. The fourth-order valence-corrected chi connectivity index (χ4v) is 1.45. The van der Waals surface area contributed by atoms with Gasteiger partial charge in [0.05, 0.1) is 0 Å². The van der Waals surface area contributed by atoms with Crippen LogP contribution in [0, 0.1) is 0 Å². The minimum atomic E-state index is 0.0291. The maximum Gasteiger partial charge on any atom is 0.321 e. The van der Waals surface area contributed by atoms with E-state index in [0.717, 1.165) is 19.4 Å². The second-order valence-corrected chi connectivity index (χ2v) is 3.76. The number of anilines is 1. The molecular weight excluding hydrogens is 182 g/mol. The molecule has 5 heteroatoms. The molecule has 0 radical (unpaired) electrons. The van der Waals surface area contributed by atoms with Gasteiger partial charge >= 0.3 is 6.01 Å². The van der Waals surface area contributed by atoms with E-state index in [1.807, 2.05) is 13.8 Å². The Morgan fingerprint density at radius 1 is 1.50 bits per heavy atom. The van der Waals surface area contributed by atoms with Gasteiger partial charge in [0.25, 0.3) is 0 Å². The van der Waals surface area contributed by atoms with E-state index in [-0.39, 0.29) is 6.10 Å². The topological polar surface area (TPSA) is 60.2 Å². The molecule has 1 fully saturated rings. The fourth-order valence-electron chi connectivity index (χ4n) is 1.45. The zero-order valence-corrected chi connectivity index (χ0v) is 8.49. The van der Waals surface area contributed by atoms with E-state index in [0.29, 0.717) is 17.9 Å². The summed E-state index contributed by atoms with van der Waals surface area (Å²) in [6.07, 6.45) is 2.09. The Balaban J connectivity index is 2.01. The number of nitrogens with zero attached hydrogens (tertiary/aromatic N) is 2. The zero-order valence-electron chi connectivity index (χ0n) is 8.49. The highest BCUT2D eigenvalue weighted by Crippen LogP contribution is 2.26. The van der Waals surface area contributed by atoms with Crippen molar-refractivity contribution in [1.82, 2.24) is 10.1 Å². The molecule has 1 N–H and O–H groups in total.